The molecule has 4 nitrogen and oxygen atoms in total. The van der Waals surface area contributed by atoms with Crippen LogP contribution in [0.4, 0.5) is 0 Å². The van der Waals surface area contributed by atoms with E-state index in [-0.39, 0.29) is 11.5 Å². The van der Waals surface area contributed by atoms with Gasteiger partial charge in [-0.2, -0.15) is 0 Å². The van der Waals surface area contributed by atoms with Crippen LogP contribution in [0, 0.1) is 0 Å². The number of methoxy groups -OCH3 is 1. The summed E-state index contributed by atoms with van der Waals surface area (Å²) in [5, 5.41) is 5.87. The van der Waals surface area contributed by atoms with E-state index in [0.29, 0.717) is 13.1 Å². The van der Waals surface area contributed by atoms with E-state index in [0.717, 1.165) is 19.4 Å². The number of carbonyl (C=O) groups excluding carboxylic acids is 1. The minimum atomic E-state index is -0.0676. The molecule has 1 aliphatic rings. The number of carbonyl (C=O) groups is 1. The Hall–Kier alpha value is -0.610. The van der Waals surface area contributed by atoms with Crippen LogP contribution in [0.3, 0.4) is 0 Å². The van der Waals surface area contributed by atoms with E-state index in [1.165, 1.54) is 6.42 Å². The number of amides is 1. The normalized spacial score (nSPS) is 18.7. The summed E-state index contributed by atoms with van der Waals surface area (Å²) in [5.41, 5.74) is -0.0676. The van der Waals surface area contributed by atoms with Crippen molar-refractivity contribution in [3.63, 3.8) is 0 Å². The van der Waals surface area contributed by atoms with Gasteiger partial charge in [-0.25, -0.2) is 0 Å². The lowest BCUT2D eigenvalue weighted by molar-refractivity contribution is -0.124. The Balaban J connectivity index is 2.15. The highest BCUT2D eigenvalue weighted by molar-refractivity contribution is 5.78. The molecule has 0 aromatic carbocycles. The average Bonchev–Trinajstić information content (AvgIpc) is 2.14. The number of likely N-dealkylation sites (N-methyl/N-ethyl adjacent to an activating group) is 1. The largest absolute Gasteiger partial charge is 0.376 e. The van der Waals surface area contributed by atoms with E-state index in [1.54, 1.807) is 7.11 Å². The third kappa shape index (κ3) is 2.96. The van der Waals surface area contributed by atoms with Gasteiger partial charge in [-0.15, -0.1) is 0 Å². The van der Waals surface area contributed by atoms with Gasteiger partial charge < -0.3 is 15.4 Å². The minimum Gasteiger partial charge on any atom is -0.376 e. The molecule has 0 spiro atoms. The molecule has 2 N–H and O–H groups in total. The molecule has 0 aromatic rings. The highest BCUT2D eigenvalue weighted by Gasteiger charge is 2.36. The lowest BCUT2D eigenvalue weighted by Crippen LogP contribution is -2.50. The molecule has 0 radical (unpaired) electrons. The number of hydrogen-bond donors (Lipinski definition) is 2. The predicted molar refractivity (Wildman–Crippen MR) is 55.1 cm³/mol. The molecular weight excluding hydrogens is 180 g/mol. The predicted octanol–water partition coefficient (Wildman–Crippen LogP) is 0.281. The van der Waals surface area contributed by atoms with Crippen LogP contribution in [0.15, 0.2) is 0 Å². The molecule has 0 unspecified atom stereocenters. The van der Waals surface area contributed by atoms with E-state index in [1.807, 2.05) is 6.92 Å². The van der Waals surface area contributed by atoms with Gasteiger partial charge in [-0.3, -0.25) is 4.79 Å². The van der Waals surface area contributed by atoms with Crippen LogP contribution in [-0.4, -0.2) is 38.3 Å². The Bertz CT molecular complexity index is 185. The Morgan fingerprint density at radius 2 is 2.21 bits per heavy atom. The van der Waals surface area contributed by atoms with Crippen LogP contribution < -0.4 is 10.6 Å². The first-order valence-corrected chi connectivity index (χ1v) is 5.25. The van der Waals surface area contributed by atoms with Gasteiger partial charge in [0.2, 0.25) is 5.91 Å². The molecule has 14 heavy (non-hydrogen) atoms. The summed E-state index contributed by atoms with van der Waals surface area (Å²) in [7, 11) is 1.72. The van der Waals surface area contributed by atoms with Crippen molar-refractivity contribution in [1.29, 1.82) is 0 Å². The van der Waals surface area contributed by atoms with E-state index < -0.39 is 0 Å². The van der Waals surface area contributed by atoms with Crippen molar-refractivity contribution in [1.82, 2.24) is 10.6 Å². The summed E-state index contributed by atoms with van der Waals surface area (Å²) < 4.78 is 5.39. The first kappa shape index (κ1) is 11.5. The lowest BCUT2D eigenvalue weighted by Gasteiger charge is -2.40. The molecule has 0 atom stereocenters. The van der Waals surface area contributed by atoms with Crippen molar-refractivity contribution in [3.05, 3.63) is 0 Å². The summed E-state index contributed by atoms with van der Waals surface area (Å²) in [5.74, 6) is 0.0511. The number of nitrogens with one attached hydrogen (secondary N) is 2. The van der Waals surface area contributed by atoms with Crippen molar-refractivity contribution in [3.8, 4) is 0 Å². The summed E-state index contributed by atoms with van der Waals surface area (Å²) in [6.07, 6.45) is 3.33. The molecule has 0 heterocycles. The van der Waals surface area contributed by atoms with Gasteiger partial charge in [-0.05, 0) is 25.8 Å². The van der Waals surface area contributed by atoms with Gasteiger partial charge in [-0.1, -0.05) is 6.92 Å². The van der Waals surface area contributed by atoms with E-state index in [2.05, 4.69) is 10.6 Å². The van der Waals surface area contributed by atoms with Gasteiger partial charge >= 0.3 is 0 Å². The molecule has 1 amide bonds. The minimum absolute atomic E-state index is 0.0511. The van der Waals surface area contributed by atoms with Crippen LogP contribution in [0.25, 0.3) is 0 Å². The summed E-state index contributed by atoms with van der Waals surface area (Å²) in [4.78, 5) is 11.3. The van der Waals surface area contributed by atoms with E-state index >= 15 is 0 Å². The molecule has 0 saturated heterocycles. The van der Waals surface area contributed by atoms with Gasteiger partial charge in [0.15, 0.2) is 0 Å². The van der Waals surface area contributed by atoms with E-state index in [9.17, 15) is 4.79 Å². The maximum absolute atomic E-state index is 11.3. The third-order valence-corrected chi connectivity index (χ3v) is 2.84. The van der Waals surface area contributed by atoms with Crippen LogP contribution in [-0.2, 0) is 9.53 Å². The Kier molecular flexibility index (Phi) is 4.35. The zero-order chi connectivity index (χ0) is 10.4. The zero-order valence-electron chi connectivity index (χ0n) is 9.06. The molecular formula is C10H20N2O2. The Labute approximate surface area is 85.4 Å². The van der Waals surface area contributed by atoms with Crippen molar-refractivity contribution in [2.75, 3.05) is 26.7 Å². The quantitative estimate of drug-likeness (QED) is 0.647. The molecule has 4 heteroatoms. The zero-order valence-corrected chi connectivity index (χ0v) is 9.06. The molecule has 0 bridgehead atoms. The van der Waals surface area contributed by atoms with Crippen molar-refractivity contribution >= 4 is 5.91 Å². The van der Waals surface area contributed by atoms with E-state index in [4.69, 9.17) is 4.74 Å². The fraction of sp³-hybridized carbons (Fsp3) is 0.900. The molecule has 1 saturated carbocycles. The second-order valence-corrected chi connectivity index (χ2v) is 3.80. The summed E-state index contributed by atoms with van der Waals surface area (Å²) >= 11 is 0. The summed E-state index contributed by atoms with van der Waals surface area (Å²) in [6, 6.07) is 0. The Morgan fingerprint density at radius 3 is 2.64 bits per heavy atom. The molecule has 0 aliphatic heterocycles. The highest BCUT2D eigenvalue weighted by Crippen LogP contribution is 2.34. The fourth-order valence-corrected chi connectivity index (χ4v) is 1.58. The topological polar surface area (TPSA) is 50.4 Å². The van der Waals surface area contributed by atoms with Gasteiger partial charge in [0.1, 0.15) is 0 Å². The van der Waals surface area contributed by atoms with Crippen molar-refractivity contribution in [2.45, 2.75) is 31.8 Å². The summed E-state index contributed by atoms with van der Waals surface area (Å²) in [6.45, 7) is 3.85. The molecule has 1 aliphatic carbocycles. The molecule has 0 aromatic heterocycles. The number of ether oxygens (including phenoxy) is 1. The second-order valence-electron chi connectivity index (χ2n) is 3.80. The van der Waals surface area contributed by atoms with Crippen LogP contribution in [0.1, 0.15) is 26.2 Å². The molecule has 1 rings (SSSR count). The SMILES string of the molecule is CCNCC(=O)NCC1(OC)CCC1. The molecule has 82 valence electrons. The van der Waals surface area contributed by atoms with Gasteiger partial charge in [0.05, 0.1) is 12.1 Å². The van der Waals surface area contributed by atoms with Crippen LogP contribution in [0.2, 0.25) is 0 Å². The maximum atomic E-state index is 11.3. The number of rotatable bonds is 6. The number of hydrogen-bond acceptors (Lipinski definition) is 3. The smallest absolute Gasteiger partial charge is 0.234 e. The highest BCUT2D eigenvalue weighted by atomic mass is 16.5. The van der Waals surface area contributed by atoms with Crippen LogP contribution in [0.5, 0.6) is 0 Å². The van der Waals surface area contributed by atoms with Gasteiger partial charge in [0, 0.05) is 13.7 Å². The first-order chi connectivity index (χ1) is 6.72. The maximum Gasteiger partial charge on any atom is 0.234 e. The Morgan fingerprint density at radius 1 is 1.50 bits per heavy atom. The lowest BCUT2D eigenvalue weighted by atomic mass is 9.80. The fourth-order valence-electron chi connectivity index (χ4n) is 1.58. The molecule has 1 fully saturated rings. The monoisotopic (exact) mass is 200 g/mol. The first-order valence-electron chi connectivity index (χ1n) is 5.25. The van der Waals surface area contributed by atoms with Gasteiger partial charge in [0.25, 0.3) is 0 Å². The average molecular weight is 200 g/mol. The van der Waals surface area contributed by atoms with Crippen molar-refractivity contribution in [2.24, 2.45) is 0 Å². The standard InChI is InChI=1S/C10H20N2O2/c1-3-11-7-9(13)12-8-10(14-2)5-4-6-10/h11H,3-8H2,1-2H3,(H,12,13). The van der Waals surface area contributed by atoms with Crippen LogP contribution >= 0.6 is 0 Å². The third-order valence-electron chi connectivity index (χ3n) is 2.84. The second kappa shape index (κ2) is 5.32. The van der Waals surface area contributed by atoms with Crippen molar-refractivity contribution < 1.29 is 9.53 Å².